The van der Waals surface area contributed by atoms with Crippen LogP contribution in [0.5, 0.6) is 5.75 Å². The van der Waals surface area contributed by atoms with Gasteiger partial charge in [-0.1, -0.05) is 12.1 Å². The van der Waals surface area contributed by atoms with Crippen LogP contribution in [-0.2, 0) is 11.2 Å². The minimum Gasteiger partial charge on any atom is -0.508 e. The van der Waals surface area contributed by atoms with Crippen molar-refractivity contribution < 1.29 is 9.90 Å². The van der Waals surface area contributed by atoms with Gasteiger partial charge in [0, 0.05) is 25.6 Å². The van der Waals surface area contributed by atoms with Gasteiger partial charge in [-0.15, -0.1) is 0 Å². The van der Waals surface area contributed by atoms with E-state index in [1.54, 1.807) is 12.1 Å². The first-order valence-corrected chi connectivity index (χ1v) is 7.94. The number of likely N-dealkylation sites (tertiary alicyclic amines) is 1. The average Bonchev–Trinajstić information content (AvgIpc) is 2.88. The molecule has 0 aromatic heterocycles. The number of carbonyl (C=O) groups is 1. The number of aromatic hydroxyl groups is 1. The number of phenolic OH excluding ortho intramolecular Hbond substituents is 1. The molecule has 2 rings (SSSR count). The first-order chi connectivity index (χ1) is 10.1. The normalized spacial score (nSPS) is 16.4. The Bertz CT molecular complexity index is 445. The minimum absolute atomic E-state index is 0.315. The molecule has 0 spiro atoms. The molecule has 0 bridgehead atoms. The fourth-order valence-electron chi connectivity index (χ4n) is 2.71. The number of benzene rings is 1. The smallest absolute Gasteiger partial charge is 0.222 e. The van der Waals surface area contributed by atoms with E-state index in [-0.39, 0.29) is 0 Å². The quantitative estimate of drug-likeness (QED) is 0.722. The van der Waals surface area contributed by atoms with Gasteiger partial charge in [-0.25, -0.2) is 0 Å². The molecule has 1 heterocycles. The van der Waals surface area contributed by atoms with Crippen molar-refractivity contribution in [1.82, 2.24) is 10.2 Å². The molecule has 1 amide bonds. The van der Waals surface area contributed by atoms with E-state index in [0.29, 0.717) is 17.7 Å². The highest BCUT2D eigenvalue weighted by Crippen LogP contribution is 2.12. The predicted octanol–water partition coefficient (Wildman–Crippen LogP) is 2.32. The number of hydrogen-bond acceptors (Lipinski definition) is 3. The number of nitrogens with zero attached hydrogens (tertiary/aromatic N) is 1. The van der Waals surface area contributed by atoms with Crippen molar-refractivity contribution in [1.29, 1.82) is 0 Å². The summed E-state index contributed by atoms with van der Waals surface area (Å²) in [7, 11) is 0. The predicted molar refractivity (Wildman–Crippen MR) is 84.3 cm³/mol. The Morgan fingerprint density at radius 1 is 1.33 bits per heavy atom. The highest BCUT2D eigenvalue weighted by molar-refractivity contribution is 5.77. The van der Waals surface area contributed by atoms with E-state index in [2.05, 4.69) is 12.2 Å². The number of rotatable bonds is 8. The van der Waals surface area contributed by atoms with Crippen molar-refractivity contribution in [2.75, 3.05) is 19.6 Å². The van der Waals surface area contributed by atoms with E-state index in [1.807, 2.05) is 17.0 Å². The molecule has 1 aliphatic rings. The van der Waals surface area contributed by atoms with Crippen molar-refractivity contribution >= 4 is 5.91 Å². The fraction of sp³-hybridized carbons (Fsp3) is 0.588. The van der Waals surface area contributed by atoms with Gasteiger partial charge in [0.05, 0.1) is 0 Å². The van der Waals surface area contributed by atoms with Crippen LogP contribution < -0.4 is 5.32 Å². The second kappa shape index (κ2) is 8.03. The van der Waals surface area contributed by atoms with Gasteiger partial charge in [-0.05, 0) is 56.8 Å². The standard InChI is InChI=1S/C17H26N2O2/c1-14(5-6-15-7-9-16(20)10-8-15)18-11-3-13-19-12-2-4-17(19)21/h7-10,14,18,20H,2-6,11-13H2,1H3. The second-order valence-electron chi connectivity index (χ2n) is 5.90. The van der Waals surface area contributed by atoms with Crippen LogP contribution in [0.3, 0.4) is 0 Å². The summed E-state index contributed by atoms with van der Waals surface area (Å²) in [5.74, 6) is 0.636. The van der Waals surface area contributed by atoms with E-state index in [0.717, 1.165) is 51.7 Å². The second-order valence-corrected chi connectivity index (χ2v) is 5.90. The van der Waals surface area contributed by atoms with Crippen LogP contribution in [0.1, 0.15) is 38.2 Å². The molecule has 4 heteroatoms. The van der Waals surface area contributed by atoms with E-state index in [4.69, 9.17) is 0 Å². The van der Waals surface area contributed by atoms with Crippen LogP contribution in [0, 0.1) is 0 Å². The Balaban J connectivity index is 1.56. The summed E-state index contributed by atoms with van der Waals surface area (Å²) in [4.78, 5) is 13.4. The Hall–Kier alpha value is -1.55. The lowest BCUT2D eigenvalue weighted by Gasteiger charge is -2.17. The van der Waals surface area contributed by atoms with Gasteiger partial charge in [0.2, 0.25) is 5.91 Å². The van der Waals surface area contributed by atoms with Crippen LogP contribution in [0.15, 0.2) is 24.3 Å². The maximum Gasteiger partial charge on any atom is 0.222 e. The largest absolute Gasteiger partial charge is 0.508 e. The van der Waals surface area contributed by atoms with Crippen molar-refractivity contribution in [3.05, 3.63) is 29.8 Å². The Morgan fingerprint density at radius 2 is 2.10 bits per heavy atom. The van der Waals surface area contributed by atoms with Gasteiger partial charge >= 0.3 is 0 Å². The van der Waals surface area contributed by atoms with Crippen LogP contribution in [0.2, 0.25) is 0 Å². The van der Waals surface area contributed by atoms with Crippen molar-refractivity contribution in [3.63, 3.8) is 0 Å². The molecular formula is C17H26N2O2. The van der Waals surface area contributed by atoms with Gasteiger partial charge in [0.1, 0.15) is 5.75 Å². The summed E-state index contributed by atoms with van der Waals surface area (Å²) >= 11 is 0. The number of amides is 1. The van der Waals surface area contributed by atoms with E-state index >= 15 is 0 Å². The van der Waals surface area contributed by atoms with Crippen molar-refractivity contribution in [3.8, 4) is 5.75 Å². The van der Waals surface area contributed by atoms with Crippen molar-refractivity contribution in [2.24, 2.45) is 0 Å². The molecule has 21 heavy (non-hydrogen) atoms. The molecular weight excluding hydrogens is 264 g/mol. The van der Waals surface area contributed by atoms with Gasteiger partial charge in [0.15, 0.2) is 0 Å². The summed E-state index contributed by atoms with van der Waals surface area (Å²) in [5, 5.41) is 12.8. The first-order valence-electron chi connectivity index (χ1n) is 7.94. The maximum absolute atomic E-state index is 11.5. The van der Waals surface area contributed by atoms with Crippen molar-refractivity contribution in [2.45, 2.75) is 45.1 Å². The molecule has 0 radical (unpaired) electrons. The Kier molecular flexibility index (Phi) is 6.05. The topological polar surface area (TPSA) is 52.6 Å². The number of nitrogens with one attached hydrogen (secondary N) is 1. The zero-order valence-corrected chi connectivity index (χ0v) is 12.8. The summed E-state index contributed by atoms with van der Waals surface area (Å²) < 4.78 is 0. The molecule has 1 atom stereocenters. The third-order valence-electron chi connectivity index (χ3n) is 4.07. The van der Waals surface area contributed by atoms with E-state index < -0.39 is 0 Å². The van der Waals surface area contributed by atoms with Gasteiger partial charge in [0.25, 0.3) is 0 Å². The van der Waals surface area contributed by atoms with Gasteiger partial charge in [-0.3, -0.25) is 4.79 Å². The monoisotopic (exact) mass is 290 g/mol. The molecule has 1 aliphatic heterocycles. The van der Waals surface area contributed by atoms with Gasteiger partial charge < -0.3 is 15.3 Å². The zero-order valence-electron chi connectivity index (χ0n) is 12.8. The van der Waals surface area contributed by atoms with Crippen LogP contribution in [0.25, 0.3) is 0 Å². The summed E-state index contributed by atoms with van der Waals surface area (Å²) in [6.07, 6.45) is 4.87. The molecule has 1 saturated heterocycles. The highest BCUT2D eigenvalue weighted by Gasteiger charge is 2.18. The lowest BCUT2D eigenvalue weighted by Crippen LogP contribution is -2.32. The maximum atomic E-state index is 11.5. The van der Waals surface area contributed by atoms with E-state index in [1.165, 1.54) is 5.56 Å². The number of hydrogen-bond donors (Lipinski definition) is 2. The zero-order chi connectivity index (χ0) is 15.1. The molecule has 116 valence electrons. The molecule has 1 unspecified atom stereocenters. The minimum atomic E-state index is 0.315. The Labute approximate surface area is 127 Å². The molecule has 2 N–H and O–H groups in total. The third kappa shape index (κ3) is 5.38. The fourth-order valence-corrected chi connectivity index (χ4v) is 2.71. The molecule has 4 nitrogen and oxygen atoms in total. The average molecular weight is 290 g/mol. The molecule has 0 saturated carbocycles. The molecule has 1 fully saturated rings. The van der Waals surface area contributed by atoms with E-state index in [9.17, 15) is 9.90 Å². The molecule has 1 aromatic carbocycles. The SMILES string of the molecule is CC(CCc1ccc(O)cc1)NCCCN1CCCC1=O. The van der Waals surface area contributed by atoms with Gasteiger partial charge in [-0.2, -0.15) is 0 Å². The highest BCUT2D eigenvalue weighted by atomic mass is 16.3. The van der Waals surface area contributed by atoms with Crippen LogP contribution in [-0.4, -0.2) is 41.6 Å². The third-order valence-corrected chi connectivity index (χ3v) is 4.07. The lowest BCUT2D eigenvalue weighted by atomic mass is 10.1. The number of carbonyl (C=O) groups excluding carboxylic acids is 1. The summed E-state index contributed by atoms with van der Waals surface area (Å²) in [5.41, 5.74) is 1.25. The number of aryl methyl sites for hydroxylation is 1. The molecule has 0 aliphatic carbocycles. The number of phenols is 1. The lowest BCUT2D eigenvalue weighted by molar-refractivity contribution is -0.127. The molecule has 1 aromatic rings. The first kappa shape index (κ1) is 15.8. The summed E-state index contributed by atoms with van der Waals surface area (Å²) in [6.45, 7) is 4.98. The van der Waals surface area contributed by atoms with Crippen LogP contribution in [0.4, 0.5) is 0 Å². The Morgan fingerprint density at radius 3 is 2.76 bits per heavy atom. The van der Waals surface area contributed by atoms with Crippen LogP contribution >= 0.6 is 0 Å². The summed E-state index contributed by atoms with van der Waals surface area (Å²) in [6, 6.07) is 7.89.